The van der Waals surface area contributed by atoms with E-state index in [-0.39, 0.29) is 18.6 Å². The van der Waals surface area contributed by atoms with Gasteiger partial charge < -0.3 is 19.5 Å². The van der Waals surface area contributed by atoms with Crippen LogP contribution in [0.5, 0.6) is 17.2 Å². The van der Waals surface area contributed by atoms with E-state index in [4.69, 9.17) is 14.2 Å². The number of carbonyl (C=O) groups excluding carboxylic acids is 1. The van der Waals surface area contributed by atoms with Gasteiger partial charge in [-0.2, -0.15) is 0 Å². The average Bonchev–Trinajstić information content (AvgIpc) is 2.71. The second-order valence-corrected chi connectivity index (χ2v) is 6.46. The van der Waals surface area contributed by atoms with Crippen molar-refractivity contribution < 1.29 is 19.0 Å². The Morgan fingerprint density at radius 3 is 2.70 bits per heavy atom. The lowest BCUT2D eigenvalue weighted by Gasteiger charge is -2.21. The molecule has 0 aliphatic carbocycles. The maximum absolute atomic E-state index is 12.3. The Kier molecular flexibility index (Phi) is 4.83. The van der Waals surface area contributed by atoms with Gasteiger partial charge in [-0.15, -0.1) is 0 Å². The van der Waals surface area contributed by atoms with Gasteiger partial charge in [-0.25, -0.2) is 0 Å². The van der Waals surface area contributed by atoms with Crippen molar-refractivity contribution in [1.29, 1.82) is 0 Å². The molecule has 1 atom stereocenters. The molecule has 4 rings (SSSR count). The van der Waals surface area contributed by atoms with Crippen LogP contribution in [0.25, 0.3) is 10.8 Å². The van der Waals surface area contributed by atoms with Crippen molar-refractivity contribution in [2.75, 3.05) is 19.8 Å². The molecule has 1 amide bonds. The van der Waals surface area contributed by atoms with Crippen LogP contribution in [-0.4, -0.2) is 25.7 Å². The number of hydrogen-bond acceptors (Lipinski definition) is 4. The first-order valence-electron chi connectivity index (χ1n) is 9.00. The van der Waals surface area contributed by atoms with Crippen LogP contribution in [0.15, 0.2) is 60.7 Å². The van der Waals surface area contributed by atoms with E-state index in [0.717, 1.165) is 22.1 Å². The zero-order chi connectivity index (χ0) is 18.6. The van der Waals surface area contributed by atoms with Gasteiger partial charge in [0.05, 0.1) is 6.04 Å². The quantitative estimate of drug-likeness (QED) is 0.748. The van der Waals surface area contributed by atoms with E-state index >= 15 is 0 Å². The number of nitrogens with one attached hydrogen (secondary N) is 1. The molecule has 0 bridgehead atoms. The van der Waals surface area contributed by atoms with Gasteiger partial charge in [-0.1, -0.05) is 42.5 Å². The van der Waals surface area contributed by atoms with Crippen LogP contribution >= 0.6 is 0 Å². The monoisotopic (exact) mass is 363 g/mol. The van der Waals surface area contributed by atoms with Crippen molar-refractivity contribution in [3.63, 3.8) is 0 Å². The third-order valence-corrected chi connectivity index (χ3v) is 4.55. The molecule has 0 saturated heterocycles. The fourth-order valence-corrected chi connectivity index (χ4v) is 3.16. The highest BCUT2D eigenvalue weighted by molar-refractivity contribution is 5.88. The van der Waals surface area contributed by atoms with Gasteiger partial charge in [-0.05, 0) is 36.1 Å². The minimum Gasteiger partial charge on any atom is -0.486 e. The molecule has 0 spiro atoms. The zero-order valence-electron chi connectivity index (χ0n) is 15.1. The fraction of sp³-hybridized carbons (Fsp3) is 0.227. The van der Waals surface area contributed by atoms with Crippen LogP contribution in [0, 0.1) is 0 Å². The molecule has 1 aliphatic rings. The summed E-state index contributed by atoms with van der Waals surface area (Å²) in [5, 5.41) is 5.04. The van der Waals surface area contributed by atoms with Gasteiger partial charge in [0.15, 0.2) is 18.1 Å². The number of rotatable bonds is 5. The summed E-state index contributed by atoms with van der Waals surface area (Å²) in [6, 6.07) is 19.3. The predicted molar refractivity (Wildman–Crippen MR) is 103 cm³/mol. The Balaban J connectivity index is 1.39. The van der Waals surface area contributed by atoms with Gasteiger partial charge in [0.1, 0.15) is 19.0 Å². The van der Waals surface area contributed by atoms with Crippen LogP contribution in [-0.2, 0) is 4.79 Å². The summed E-state index contributed by atoms with van der Waals surface area (Å²) in [5.41, 5.74) is 0.956. The summed E-state index contributed by atoms with van der Waals surface area (Å²) < 4.78 is 16.9. The van der Waals surface area contributed by atoms with Gasteiger partial charge in [0.2, 0.25) is 0 Å². The molecule has 5 nitrogen and oxygen atoms in total. The number of amides is 1. The molecule has 138 valence electrons. The Morgan fingerprint density at radius 1 is 1.04 bits per heavy atom. The zero-order valence-corrected chi connectivity index (χ0v) is 15.1. The number of ether oxygens (including phenoxy) is 3. The van der Waals surface area contributed by atoms with E-state index in [1.165, 1.54) is 0 Å². The maximum Gasteiger partial charge on any atom is 0.258 e. The van der Waals surface area contributed by atoms with Crippen LogP contribution in [0.4, 0.5) is 0 Å². The lowest BCUT2D eigenvalue weighted by atomic mass is 10.1. The number of hydrogen-bond donors (Lipinski definition) is 1. The molecular formula is C22H21NO4. The topological polar surface area (TPSA) is 56.8 Å². The van der Waals surface area contributed by atoms with E-state index in [0.29, 0.717) is 24.7 Å². The smallest absolute Gasteiger partial charge is 0.258 e. The SMILES string of the molecule is CC(NC(=O)COc1cccc2ccccc12)c1ccc2c(c1)OCCO2. The summed E-state index contributed by atoms with van der Waals surface area (Å²) in [6.45, 7) is 2.99. The lowest BCUT2D eigenvalue weighted by molar-refractivity contribution is -0.123. The third-order valence-electron chi connectivity index (χ3n) is 4.55. The first kappa shape index (κ1) is 17.2. The van der Waals surface area contributed by atoms with Crippen LogP contribution in [0.1, 0.15) is 18.5 Å². The molecule has 3 aromatic carbocycles. The molecule has 3 aromatic rings. The lowest BCUT2D eigenvalue weighted by Crippen LogP contribution is -2.31. The summed E-state index contributed by atoms with van der Waals surface area (Å²) in [6.07, 6.45) is 0. The van der Waals surface area contributed by atoms with Crippen LogP contribution in [0.2, 0.25) is 0 Å². The molecule has 0 saturated carbocycles. The van der Waals surface area contributed by atoms with Crippen molar-refractivity contribution in [2.45, 2.75) is 13.0 Å². The van der Waals surface area contributed by atoms with Crippen molar-refractivity contribution in [3.8, 4) is 17.2 Å². The summed E-state index contributed by atoms with van der Waals surface area (Å²) >= 11 is 0. The molecule has 1 heterocycles. The van der Waals surface area contributed by atoms with Gasteiger partial charge in [0, 0.05) is 5.39 Å². The summed E-state index contributed by atoms with van der Waals surface area (Å²) in [7, 11) is 0. The standard InChI is InChI=1S/C22H21NO4/c1-15(17-9-10-20-21(13-17)26-12-11-25-20)23-22(24)14-27-19-8-4-6-16-5-2-3-7-18(16)19/h2-10,13,15H,11-12,14H2,1H3,(H,23,24). The van der Waals surface area contributed by atoms with E-state index in [1.807, 2.05) is 67.6 Å². The molecule has 1 aliphatic heterocycles. The minimum atomic E-state index is -0.176. The number of fused-ring (bicyclic) bond motifs is 2. The Bertz CT molecular complexity index is 964. The average molecular weight is 363 g/mol. The van der Waals surface area contributed by atoms with Gasteiger partial charge in [0.25, 0.3) is 5.91 Å². The first-order chi connectivity index (χ1) is 13.2. The summed E-state index contributed by atoms with van der Waals surface area (Å²) in [5.74, 6) is 1.98. The Labute approximate surface area is 157 Å². The van der Waals surface area contributed by atoms with E-state index in [9.17, 15) is 4.79 Å². The van der Waals surface area contributed by atoms with E-state index in [2.05, 4.69) is 5.32 Å². The van der Waals surface area contributed by atoms with Gasteiger partial charge >= 0.3 is 0 Å². The molecule has 1 unspecified atom stereocenters. The summed E-state index contributed by atoms with van der Waals surface area (Å²) in [4.78, 5) is 12.3. The fourth-order valence-electron chi connectivity index (χ4n) is 3.16. The van der Waals surface area contributed by atoms with E-state index in [1.54, 1.807) is 0 Å². The molecule has 0 fully saturated rings. The van der Waals surface area contributed by atoms with Crippen LogP contribution in [0.3, 0.4) is 0 Å². The normalized spacial score (nSPS) is 13.8. The van der Waals surface area contributed by atoms with Crippen molar-refractivity contribution in [1.82, 2.24) is 5.32 Å². The largest absolute Gasteiger partial charge is 0.486 e. The molecule has 27 heavy (non-hydrogen) atoms. The highest BCUT2D eigenvalue weighted by atomic mass is 16.6. The molecule has 5 heteroatoms. The maximum atomic E-state index is 12.3. The van der Waals surface area contributed by atoms with Crippen LogP contribution < -0.4 is 19.5 Å². The highest BCUT2D eigenvalue weighted by Gasteiger charge is 2.16. The molecule has 0 radical (unpaired) electrons. The predicted octanol–water partition coefficient (Wildman–Crippen LogP) is 3.87. The van der Waals surface area contributed by atoms with Crippen molar-refractivity contribution >= 4 is 16.7 Å². The van der Waals surface area contributed by atoms with Crippen molar-refractivity contribution in [2.24, 2.45) is 0 Å². The third kappa shape index (κ3) is 3.82. The molecular weight excluding hydrogens is 342 g/mol. The minimum absolute atomic E-state index is 0.0388. The molecule has 1 N–H and O–H groups in total. The number of carbonyl (C=O) groups is 1. The van der Waals surface area contributed by atoms with Crippen molar-refractivity contribution in [3.05, 3.63) is 66.2 Å². The number of benzene rings is 3. The van der Waals surface area contributed by atoms with Gasteiger partial charge in [-0.3, -0.25) is 4.79 Å². The first-order valence-corrected chi connectivity index (χ1v) is 9.00. The second-order valence-electron chi connectivity index (χ2n) is 6.46. The molecule has 0 aromatic heterocycles. The Morgan fingerprint density at radius 2 is 1.81 bits per heavy atom. The van der Waals surface area contributed by atoms with E-state index < -0.39 is 0 Å². The Hall–Kier alpha value is -3.21. The second kappa shape index (κ2) is 7.58. The highest BCUT2D eigenvalue weighted by Crippen LogP contribution is 2.32.